The molecule has 0 spiro atoms. The van der Waals surface area contributed by atoms with Crippen molar-refractivity contribution in [1.82, 2.24) is 10.3 Å². The van der Waals surface area contributed by atoms with Crippen LogP contribution in [0.1, 0.15) is 51.8 Å². The molecule has 1 aromatic rings. The maximum Gasteiger partial charge on any atom is 0.223 e. The van der Waals surface area contributed by atoms with Crippen LogP contribution in [0.4, 0.5) is 0 Å². The molecule has 0 saturated heterocycles. The van der Waals surface area contributed by atoms with E-state index in [1.54, 1.807) is 6.20 Å². The van der Waals surface area contributed by atoms with Crippen molar-refractivity contribution in [1.29, 1.82) is 0 Å². The summed E-state index contributed by atoms with van der Waals surface area (Å²) in [7, 11) is 0. The van der Waals surface area contributed by atoms with E-state index < -0.39 is 0 Å². The highest BCUT2D eigenvalue weighted by Crippen LogP contribution is 2.13. The molecule has 0 aliphatic heterocycles. The van der Waals surface area contributed by atoms with Gasteiger partial charge in [0, 0.05) is 18.2 Å². The maximum absolute atomic E-state index is 12.0. The number of nitrogens with two attached hydrogens (primary N) is 1. The number of nitrogens with zero attached hydrogens (tertiary/aromatic N) is 1. The van der Waals surface area contributed by atoms with E-state index in [1.807, 2.05) is 39.0 Å². The first-order valence-electron chi connectivity index (χ1n) is 6.97. The summed E-state index contributed by atoms with van der Waals surface area (Å²) >= 11 is 0. The second kappa shape index (κ2) is 7.89. The minimum absolute atomic E-state index is 0.0184. The number of hydrogen-bond donors (Lipinski definition) is 2. The van der Waals surface area contributed by atoms with E-state index in [2.05, 4.69) is 10.3 Å². The van der Waals surface area contributed by atoms with Crippen LogP contribution < -0.4 is 11.1 Å². The Balaban J connectivity index is 2.37. The highest BCUT2D eigenvalue weighted by molar-refractivity contribution is 5.78. The van der Waals surface area contributed by atoms with Gasteiger partial charge in [-0.2, -0.15) is 0 Å². The molecule has 1 rings (SSSR count). The number of carbonyl (C=O) groups is 1. The Morgan fingerprint density at radius 1 is 1.32 bits per heavy atom. The molecule has 4 heteroatoms. The average molecular weight is 263 g/mol. The van der Waals surface area contributed by atoms with Crippen LogP contribution in [0, 0.1) is 5.92 Å². The van der Waals surface area contributed by atoms with Crippen LogP contribution in [0.25, 0.3) is 0 Å². The maximum atomic E-state index is 12.0. The fourth-order valence-corrected chi connectivity index (χ4v) is 1.94. The van der Waals surface area contributed by atoms with E-state index in [4.69, 9.17) is 5.73 Å². The van der Waals surface area contributed by atoms with E-state index >= 15 is 0 Å². The second-order valence-electron chi connectivity index (χ2n) is 5.29. The van der Waals surface area contributed by atoms with Gasteiger partial charge in [0.05, 0.1) is 11.7 Å². The van der Waals surface area contributed by atoms with E-state index in [-0.39, 0.29) is 23.9 Å². The predicted molar refractivity (Wildman–Crippen MR) is 77.5 cm³/mol. The van der Waals surface area contributed by atoms with Crippen molar-refractivity contribution in [2.24, 2.45) is 11.7 Å². The van der Waals surface area contributed by atoms with Crippen LogP contribution in [0.2, 0.25) is 0 Å². The number of nitrogens with one attached hydrogen (secondary N) is 1. The zero-order valence-corrected chi connectivity index (χ0v) is 12.1. The SMILES string of the molecule is CC(N)CCCC(C)C(=O)NC(C)c1ccccn1. The largest absolute Gasteiger partial charge is 0.348 e. The van der Waals surface area contributed by atoms with Crippen molar-refractivity contribution >= 4 is 5.91 Å². The van der Waals surface area contributed by atoms with Crippen LogP contribution in [0.15, 0.2) is 24.4 Å². The van der Waals surface area contributed by atoms with Gasteiger partial charge in [-0.3, -0.25) is 9.78 Å². The van der Waals surface area contributed by atoms with Crippen molar-refractivity contribution in [2.75, 3.05) is 0 Å². The van der Waals surface area contributed by atoms with Gasteiger partial charge >= 0.3 is 0 Å². The van der Waals surface area contributed by atoms with Crippen LogP contribution >= 0.6 is 0 Å². The quantitative estimate of drug-likeness (QED) is 0.793. The number of carbonyl (C=O) groups excluding carboxylic acids is 1. The van der Waals surface area contributed by atoms with Crippen LogP contribution in [-0.2, 0) is 4.79 Å². The Morgan fingerprint density at radius 2 is 2.05 bits per heavy atom. The zero-order chi connectivity index (χ0) is 14.3. The predicted octanol–water partition coefficient (Wildman–Crippen LogP) is 2.41. The minimum Gasteiger partial charge on any atom is -0.348 e. The summed E-state index contributed by atoms with van der Waals surface area (Å²) in [5.74, 6) is 0.104. The lowest BCUT2D eigenvalue weighted by molar-refractivity contribution is -0.125. The number of hydrogen-bond acceptors (Lipinski definition) is 3. The highest BCUT2D eigenvalue weighted by atomic mass is 16.1. The molecule has 0 fully saturated rings. The molecule has 106 valence electrons. The summed E-state index contributed by atoms with van der Waals surface area (Å²) in [6.45, 7) is 5.91. The number of aromatic nitrogens is 1. The third-order valence-corrected chi connectivity index (χ3v) is 3.23. The summed E-state index contributed by atoms with van der Waals surface area (Å²) in [6, 6.07) is 5.88. The van der Waals surface area contributed by atoms with E-state index in [1.165, 1.54) is 0 Å². The number of amides is 1. The fourth-order valence-electron chi connectivity index (χ4n) is 1.94. The molecule has 3 atom stereocenters. The monoisotopic (exact) mass is 263 g/mol. The summed E-state index contributed by atoms with van der Waals surface area (Å²) in [5.41, 5.74) is 6.59. The molecule has 0 bridgehead atoms. The molecular formula is C15H25N3O. The Bertz CT molecular complexity index is 378. The van der Waals surface area contributed by atoms with Crippen molar-refractivity contribution < 1.29 is 4.79 Å². The van der Waals surface area contributed by atoms with Crippen LogP contribution in [0.3, 0.4) is 0 Å². The lowest BCUT2D eigenvalue weighted by Gasteiger charge is -2.17. The molecule has 0 aromatic carbocycles. The smallest absolute Gasteiger partial charge is 0.223 e. The molecule has 19 heavy (non-hydrogen) atoms. The average Bonchev–Trinajstić information content (AvgIpc) is 2.39. The van der Waals surface area contributed by atoms with Gasteiger partial charge in [0.25, 0.3) is 0 Å². The van der Waals surface area contributed by atoms with Crippen molar-refractivity contribution in [2.45, 2.75) is 52.1 Å². The van der Waals surface area contributed by atoms with Crippen LogP contribution in [-0.4, -0.2) is 16.9 Å². The second-order valence-corrected chi connectivity index (χ2v) is 5.29. The summed E-state index contributed by atoms with van der Waals surface area (Å²) in [6.07, 6.45) is 4.57. The third-order valence-electron chi connectivity index (χ3n) is 3.23. The lowest BCUT2D eigenvalue weighted by atomic mass is 10.0. The Labute approximate surface area is 115 Å². The summed E-state index contributed by atoms with van der Waals surface area (Å²) in [4.78, 5) is 16.3. The van der Waals surface area contributed by atoms with E-state index in [0.717, 1.165) is 25.0 Å². The van der Waals surface area contributed by atoms with Crippen LogP contribution in [0.5, 0.6) is 0 Å². The fraction of sp³-hybridized carbons (Fsp3) is 0.600. The van der Waals surface area contributed by atoms with Crippen molar-refractivity contribution in [3.8, 4) is 0 Å². The van der Waals surface area contributed by atoms with Gasteiger partial charge in [0.1, 0.15) is 0 Å². The molecule has 0 radical (unpaired) electrons. The topological polar surface area (TPSA) is 68.0 Å². The molecule has 3 unspecified atom stereocenters. The first-order valence-corrected chi connectivity index (χ1v) is 6.97. The van der Waals surface area contributed by atoms with Gasteiger partial charge < -0.3 is 11.1 Å². The Kier molecular flexibility index (Phi) is 6.50. The summed E-state index contributed by atoms with van der Waals surface area (Å²) < 4.78 is 0. The molecule has 1 aromatic heterocycles. The Hall–Kier alpha value is -1.42. The molecule has 0 aliphatic carbocycles. The molecule has 0 aliphatic rings. The molecule has 1 heterocycles. The standard InChI is InChI=1S/C15H25N3O/c1-11(7-6-8-12(2)16)15(19)18-13(3)14-9-4-5-10-17-14/h4-5,9-13H,6-8,16H2,1-3H3,(H,18,19). The third kappa shape index (κ3) is 5.83. The highest BCUT2D eigenvalue weighted by Gasteiger charge is 2.16. The Morgan fingerprint density at radius 3 is 2.63 bits per heavy atom. The first kappa shape index (κ1) is 15.6. The molecule has 1 amide bonds. The molecule has 4 nitrogen and oxygen atoms in total. The summed E-state index contributed by atoms with van der Waals surface area (Å²) in [5, 5.41) is 3.00. The lowest BCUT2D eigenvalue weighted by Crippen LogP contribution is -2.32. The minimum atomic E-state index is -0.0513. The number of pyridine rings is 1. The molecule has 0 saturated carbocycles. The van der Waals surface area contributed by atoms with Gasteiger partial charge in [-0.05, 0) is 38.8 Å². The molecular weight excluding hydrogens is 238 g/mol. The molecule has 3 N–H and O–H groups in total. The van der Waals surface area contributed by atoms with Gasteiger partial charge in [-0.25, -0.2) is 0 Å². The van der Waals surface area contributed by atoms with E-state index in [0.29, 0.717) is 0 Å². The van der Waals surface area contributed by atoms with Gasteiger partial charge in [-0.15, -0.1) is 0 Å². The number of rotatable bonds is 7. The normalized spacial score (nSPS) is 15.6. The van der Waals surface area contributed by atoms with E-state index in [9.17, 15) is 4.79 Å². The van der Waals surface area contributed by atoms with Gasteiger partial charge in [-0.1, -0.05) is 19.4 Å². The van der Waals surface area contributed by atoms with Gasteiger partial charge in [0.15, 0.2) is 0 Å². The zero-order valence-electron chi connectivity index (χ0n) is 12.1. The van der Waals surface area contributed by atoms with Gasteiger partial charge in [0.2, 0.25) is 5.91 Å². The first-order chi connectivity index (χ1) is 9.00. The van der Waals surface area contributed by atoms with Crippen molar-refractivity contribution in [3.63, 3.8) is 0 Å². The van der Waals surface area contributed by atoms with Crippen molar-refractivity contribution in [3.05, 3.63) is 30.1 Å².